The van der Waals surface area contributed by atoms with Gasteiger partial charge in [-0.1, -0.05) is 6.92 Å². The zero-order valence-electron chi connectivity index (χ0n) is 11.2. The van der Waals surface area contributed by atoms with Crippen LogP contribution >= 0.6 is 0 Å². The Bertz CT molecular complexity index is 623. The van der Waals surface area contributed by atoms with Crippen molar-refractivity contribution in [2.45, 2.75) is 24.7 Å². The molecular weight excluding hydrogens is 283 g/mol. The lowest BCUT2D eigenvalue weighted by molar-refractivity contribution is 0.0996. The van der Waals surface area contributed by atoms with Crippen LogP contribution in [0.15, 0.2) is 23.1 Å². The normalized spacial score (nSPS) is 18.1. The maximum atomic E-state index is 13.4. The van der Waals surface area contributed by atoms with Crippen LogP contribution in [0, 0.1) is 11.7 Å². The third-order valence-electron chi connectivity index (χ3n) is 3.58. The number of hydrogen-bond donors (Lipinski definition) is 1. The summed E-state index contributed by atoms with van der Waals surface area (Å²) in [4.78, 5) is 11.0. The number of piperidine rings is 1. The third kappa shape index (κ3) is 2.83. The topological polar surface area (TPSA) is 80.5 Å². The molecule has 0 aromatic heterocycles. The molecule has 1 fully saturated rings. The van der Waals surface area contributed by atoms with Gasteiger partial charge in [0.2, 0.25) is 10.0 Å². The number of carbonyl (C=O) groups excluding carboxylic acids is 1. The number of sulfonamides is 1. The summed E-state index contributed by atoms with van der Waals surface area (Å²) in [7, 11) is -3.70. The van der Waals surface area contributed by atoms with Gasteiger partial charge in [-0.25, -0.2) is 12.8 Å². The number of amides is 1. The van der Waals surface area contributed by atoms with E-state index in [9.17, 15) is 17.6 Å². The molecule has 2 N–H and O–H groups in total. The molecule has 1 aliphatic rings. The van der Waals surface area contributed by atoms with Gasteiger partial charge in [-0.2, -0.15) is 4.31 Å². The lowest BCUT2D eigenvalue weighted by atomic mass is 10.0. The zero-order valence-corrected chi connectivity index (χ0v) is 12.0. The van der Waals surface area contributed by atoms with E-state index in [0.29, 0.717) is 19.0 Å². The van der Waals surface area contributed by atoms with Crippen LogP contribution in [0.5, 0.6) is 0 Å². The van der Waals surface area contributed by atoms with E-state index in [2.05, 4.69) is 6.92 Å². The Morgan fingerprint density at radius 2 is 1.95 bits per heavy atom. The van der Waals surface area contributed by atoms with Crippen LogP contribution in [0.4, 0.5) is 4.39 Å². The molecule has 1 aromatic rings. The standard InChI is InChI=1S/C13H17FN2O3S/c1-9-4-6-16(7-5-9)20(18,19)10-2-3-12(14)11(8-10)13(15)17/h2-3,8-9H,4-7H2,1H3,(H2,15,17). The molecule has 0 spiro atoms. The minimum atomic E-state index is -3.70. The minimum Gasteiger partial charge on any atom is -0.366 e. The number of benzene rings is 1. The molecule has 1 aliphatic heterocycles. The van der Waals surface area contributed by atoms with Crippen molar-refractivity contribution >= 4 is 15.9 Å². The van der Waals surface area contributed by atoms with Gasteiger partial charge >= 0.3 is 0 Å². The highest BCUT2D eigenvalue weighted by Crippen LogP contribution is 2.24. The first-order chi connectivity index (χ1) is 9.32. The molecule has 2 rings (SSSR count). The van der Waals surface area contributed by atoms with Crippen LogP contribution in [0.1, 0.15) is 30.1 Å². The molecule has 1 aromatic carbocycles. The van der Waals surface area contributed by atoms with E-state index < -0.39 is 27.3 Å². The highest BCUT2D eigenvalue weighted by molar-refractivity contribution is 7.89. The quantitative estimate of drug-likeness (QED) is 0.915. The number of nitrogens with two attached hydrogens (primary N) is 1. The first-order valence-corrected chi connectivity index (χ1v) is 7.86. The SMILES string of the molecule is CC1CCN(S(=O)(=O)c2ccc(F)c(C(N)=O)c2)CC1. The van der Waals surface area contributed by atoms with E-state index in [1.165, 1.54) is 4.31 Å². The van der Waals surface area contributed by atoms with Crippen LogP contribution in [0.3, 0.4) is 0 Å². The van der Waals surface area contributed by atoms with Gasteiger partial charge in [0, 0.05) is 13.1 Å². The maximum absolute atomic E-state index is 13.4. The van der Waals surface area contributed by atoms with E-state index in [1.807, 2.05) is 0 Å². The van der Waals surface area contributed by atoms with Crippen LogP contribution in [-0.4, -0.2) is 31.7 Å². The summed E-state index contributed by atoms with van der Waals surface area (Å²) >= 11 is 0. The van der Waals surface area contributed by atoms with Crippen molar-refractivity contribution in [3.05, 3.63) is 29.6 Å². The second kappa shape index (κ2) is 5.49. The largest absolute Gasteiger partial charge is 0.366 e. The van der Waals surface area contributed by atoms with Gasteiger partial charge in [-0.15, -0.1) is 0 Å². The molecule has 0 saturated carbocycles. The summed E-state index contributed by atoms with van der Waals surface area (Å²) in [6.07, 6.45) is 1.59. The lowest BCUT2D eigenvalue weighted by Gasteiger charge is -2.29. The highest BCUT2D eigenvalue weighted by atomic mass is 32.2. The average Bonchev–Trinajstić information content (AvgIpc) is 2.39. The monoisotopic (exact) mass is 300 g/mol. The van der Waals surface area contributed by atoms with Crippen molar-refractivity contribution in [1.82, 2.24) is 4.31 Å². The summed E-state index contributed by atoms with van der Waals surface area (Å²) in [5.41, 5.74) is 4.63. The Hall–Kier alpha value is -1.47. The Morgan fingerprint density at radius 1 is 1.35 bits per heavy atom. The minimum absolute atomic E-state index is 0.0951. The molecule has 0 atom stereocenters. The number of carbonyl (C=O) groups is 1. The molecule has 0 bridgehead atoms. The Kier molecular flexibility index (Phi) is 4.10. The summed E-state index contributed by atoms with van der Waals surface area (Å²) in [5.74, 6) is -1.30. The van der Waals surface area contributed by atoms with Gasteiger partial charge in [0.1, 0.15) is 5.82 Å². The van der Waals surface area contributed by atoms with Crippen molar-refractivity contribution in [2.75, 3.05) is 13.1 Å². The van der Waals surface area contributed by atoms with E-state index in [-0.39, 0.29) is 4.90 Å². The molecule has 1 heterocycles. The van der Waals surface area contributed by atoms with Gasteiger partial charge in [-0.05, 0) is 37.0 Å². The van der Waals surface area contributed by atoms with Crippen molar-refractivity contribution in [2.24, 2.45) is 11.7 Å². The third-order valence-corrected chi connectivity index (χ3v) is 5.48. The van der Waals surface area contributed by atoms with Crippen molar-refractivity contribution < 1.29 is 17.6 Å². The summed E-state index contributed by atoms with van der Waals surface area (Å²) in [6.45, 7) is 2.95. The second-order valence-corrected chi connectivity index (χ2v) is 7.03. The second-order valence-electron chi connectivity index (χ2n) is 5.09. The molecule has 20 heavy (non-hydrogen) atoms. The summed E-state index contributed by atoms with van der Waals surface area (Å²) in [5, 5.41) is 0. The Labute approximate surface area is 117 Å². The molecule has 1 saturated heterocycles. The maximum Gasteiger partial charge on any atom is 0.251 e. The van der Waals surface area contributed by atoms with E-state index >= 15 is 0 Å². The van der Waals surface area contributed by atoms with Gasteiger partial charge in [0.25, 0.3) is 5.91 Å². The predicted molar refractivity (Wildman–Crippen MR) is 72.1 cm³/mol. The van der Waals surface area contributed by atoms with Crippen LogP contribution in [0.2, 0.25) is 0 Å². The van der Waals surface area contributed by atoms with Gasteiger partial charge in [0.05, 0.1) is 10.5 Å². The Balaban J connectivity index is 2.35. The van der Waals surface area contributed by atoms with Gasteiger partial charge < -0.3 is 5.73 Å². The fourth-order valence-corrected chi connectivity index (χ4v) is 3.72. The van der Waals surface area contributed by atoms with E-state index in [0.717, 1.165) is 31.0 Å². The average molecular weight is 300 g/mol. The number of halogens is 1. The first kappa shape index (κ1) is 14.9. The number of hydrogen-bond acceptors (Lipinski definition) is 3. The van der Waals surface area contributed by atoms with Crippen LogP contribution in [-0.2, 0) is 10.0 Å². The van der Waals surface area contributed by atoms with Crippen molar-refractivity contribution in [1.29, 1.82) is 0 Å². The molecule has 1 amide bonds. The van der Waals surface area contributed by atoms with Gasteiger partial charge in [0.15, 0.2) is 0 Å². The Morgan fingerprint density at radius 3 is 2.50 bits per heavy atom. The van der Waals surface area contributed by atoms with E-state index in [1.54, 1.807) is 0 Å². The van der Waals surface area contributed by atoms with Crippen LogP contribution in [0.25, 0.3) is 0 Å². The fraction of sp³-hybridized carbons (Fsp3) is 0.462. The number of nitrogens with zero attached hydrogens (tertiary/aromatic N) is 1. The molecule has 7 heteroatoms. The smallest absolute Gasteiger partial charge is 0.251 e. The number of primary amides is 1. The lowest BCUT2D eigenvalue weighted by Crippen LogP contribution is -2.38. The summed E-state index contributed by atoms with van der Waals surface area (Å²) in [6, 6.07) is 3.12. The zero-order chi connectivity index (χ0) is 14.9. The van der Waals surface area contributed by atoms with Crippen LogP contribution < -0.4 is 5.73 Å². The molecule has 0 unspecified atom stereocenters. The molecule has 110 valence electrons. The van der Waals surface area contributed by atoms with Crippen molar-refractivity contribution in [3.63, 3.8) is 0 Å². The first-order valence-electron chi connectivity index (χ1n) is 6.42. The molecule has 0 radical (unpaired) electrons. The predicted octanol–water partition coefficient (Wildman–Crippen LogP) is 1.35. The highest BCUT2D eigenvalue weighted by Gasteiger charge is 2.28. The molecule has 5 nitrogen and oxygen atoms in total. The summed E-state index contributed by atoms with van der Waals surface area (Å²) < 4.78 is 39.6. The van der Waals surface area contributed by atoms with E-state index in [4.69, 9.17) is 5.73 Å². The molecular formula is C13H17FN2O3S. The van der Waals surface area contributed by atoms with Gasteiger partial charge in [-0.3, -0.25) is 4.79 Å². The number of rotatable bonds is 3. The fourth-order valence-electron chi connectivity index (χ4n) is 2.23. The van der Waals surface area contributed by atoms with Crippen molar-refractivity contribution in [3.8, 4) is 0 Å². The molecule has 0 aliphatic carbocycles.